The van der Waals surface area contributed by atoms with Crippen molar-refractivity contribution in [3.8, 4) is 0 Å². The first-order chi connectivity index (χ1) is 15.4. The smallest absolute Gasteiger partial charge is 0.377 e. The van der Waals surface area contributed by atoms with Crippen molar-refractivity contribution in [2.24, 2.45) is 0 Å². The third kappa shape index (κ3) is 4.26. The van der Waals surface area contributed by atoms with Crippen LogP contribution in [0, 0.1) is 0 Å². The molecule has 0 N–H and O–H groups in total. The number of Topliss-reactive ketones (excluding diaryl/α,β-unsaturated/α-hetero) is 2. The van der Waals surface area contributed by atoms with Crippen LogP contribution in [0.1, 0.15) is 32.4 Å². The van der Waals surface area contributed by atoms with Gasteiger partial charge in [-0.3, -0.25) is 9.59 Å². The molecule has 5 nitrogen and oxygen atoms in total. The van der Waals surface area contributed by atoms with Crippen LogP contribution in [-0.4, -0.2) is 58.0 Å². The number of anilines is 2. The molecule has 0 bridgehead atoms. The van der Waals surface area contributed by atoms with E-state index in [9.17, 15) is 49.1 Å². The minimum absolute atomic E-state index is 0.134. The lowest BCUT2D eigenvalue weighted by Gasteiger charge is -2.36. The van der Waals surface area contributed by atoms with Gasteiger partial charge in [0.25, 0.3) is 11.6 Å². The zero-order valence-corrected chi connectivity index (χ0v) is 17.5. The maximum absolute atomic E-state index is 13.5. The SMILES string of the molecule is CN(C)c1c(C(=O)C(F)(F)F)cc(C(=O)C(F)(F)F)c2c3c(ccc12)C(C(F)(F)F)OCN3C. The molecule has 14 heteroatoms. The van der Waals surface area contributed by atoms with E-state index in [1.165, 1.54) is 21.1 Å². The Morgan fingerprint density at radius 2 is 1.47 bits per heavy atom. The molecule has 0 aromatic heterocycles. The van der Waals surface area contributed by atoms with Crippen molar-refractivity contribution >= 4 is 33.7 Å². The second kappa shape index (κ2) is 8.03. The molecule has 2 aromatic carbocycles. The fourth-order valence-electron chi connectivity index (χ4n) is 3.88. The summed E-state index contributed by atoms with van der Waals surface area (Å²) in [5, 5.41) is -1.12. The molecule has 0 amide bonds. The number of ether oxygens (including phenoxy) is 1. The minimum Gasteiger partial charge on any atom is -0.377 e. The Morgan fingerprint density at radius 3 is 1.94 bits per heavy atom. The van der Waals surface area contributed by atoms with Crippen LogP contribution in [0.2, 0.25) is 0 Å². The van der Waals surface area contributed by atoms with Gasteiger partial charge in [0.1, 0.15) is 6.73 Å². The summed E-state index contributed by atoms with van der Waals surface area (Å²) < 4.78 is 125. The quantitative estimate of drug-likeness (QED) is 0.415. The van der Waals surface area contributed by atoms with Crippen LogP contribution in [0.25, 0.3) is 10.8 Å². The van der Waals surface area contributed by atoms with E-state index in [2.05, 4.69) is 0 Å². The van der Waals surface area contributed by atoms with Gasteiger partial charge in [-0.25, -0.2) is 0 Å². The van der Waals surface area contributed by atoms with Gasteiger partial charge in [-0.1, -0.05) is 12.1 Å². The Balaban J connectivity index is 2.57. The molecule has 0 fully saturated rings. The van der Waals surface area contributed by atoms with Crippen molar-refractivity contribution in [3.63, 3.8) is 0 Å². The molecule has 0 spiro atoms. The van der Waals surface area contributed by atoms with Crippen LogP contribution < -0.4 is 9.80 Å². The zero-order chi connectivity index (χ0) is 26.0. The van der Waals surface area contributed by atoms with Gasteiger partial charge in [0.2, 0.25) is 0 Å². The number of ketones is 2. The van der Waals surface area contributed by atoms with E-state index in [1.54, 1.807) is 0 Å². The standard InChI is InChI=1S/C20H15F9N2O3/c1-30(2)13-8-4-5-9-14(31(3)7-34-17(9)20(27,28)29)12(8)10(15(32)18(21,22)23)6-11(13)16(33)19(24,25)26/h4-6,17H,7H2,1-3H3. The van der Waals surface area contributed by atoms with Crippen LogP contribution in [-0.2, 0) is 4.74 Å². The minimum atomic E-state index is -5.60. The van der Waals surface area contributed by atoms with Crippen molar-refractivity contribution < 1.29 is 53.8 Å². The molecule has 3 rings (SSSR count). The van der Waals surface area contributed by atoms with E-state index >= 15 is 0 Å². The fourth-order valence-corrected chi connectivity index (χ4v) is 3.88. The second-order valence-corrected chi connectivity index (χ2v) is 7.71. The predicted octanol–water partition coefficient (Wildman–Crippen LogP) is 5.42. The van der Waals surface area contributed by atoms with E-state index in [-0.39, 0.29) is 6.07 Å². The van der Waals surface area contributed by atoms with Crippen LogP contribution in [0.15, 0.2) is 18.2 Å². The van der Waals surface area contributed by atoms with Gasteiger partial charge < -0.3 is 14.5 Å². The number of rotatable bonds is 3. The van der Waals surface area contributed by atoms with Gasteiger partial charge in [0, 0.05) is 43.0 Å². The number of carbonyl (C=O) groups is 2. The Hall–Kier alpha value is -3.03. The topological polar surface area (TPSA) is 49.9 Å². The van der Waals surface area contributed by atoms with Gasteiger partial charge in [0.05, 0.1) is 16.9 Å². The molecular weight excluding hydrogens is 487 g/mol. The van der Waals surface area contributed by atoms with Gasteiger partial charge >= 0.3 is 18.5 Å². The number of benzene rings is 2. The average molecular weight is 502 g/mol. The number of carbonyl (C=O) groups excluding carboxylic acids is 2. The molecule has 1 unspecified atom stereocenters. The van der Waals surface area contributed by atoms with Crippen molar-refractivity contribution in [1.82, 2.24) is 0 Å². The molecule has 2 aromatic rings. The predicted molar refractivity (Wildman–Crippen MR) is 102 cm³/mol. The van der Waals surface area contributed by atoms with E-state index < -0.39 is 81.8 Å². The zero-order valence-electron chi connectivity index (χ0n) is 17.5. The van der Waals surface area contributed by atoms with Crippen LogP contribution >= 0.6 is 0 Å². The Kier molecular flexibility index (Phi) is 6.04. The molecule has 1 aliphatic heterocycles. The third-order valence-electron chi connectivity index (χ3n) is 5.13. The number of alkyl halides is 9. The summed E-state index contributed by atoms with van der Waals surface area (Å²) in [7, 11) is 3.56. The highest BCUT2D eigenvalue weighted by atomic mass is 19.4. The largest absolute Gasteiger partial charge is 0.454 e. The number of nitrogens with zero attached hydrogens (tertiary/aromatic N) is 2. The molecule has 186 valence electrons. The van der Waals surface area contributed by atoms with E-state index in [1.807, 2.05) is 0 Å². The van der Waals surface area contributed by atoms with E-state index in [4.69, 9.17) is 4.74 Å². The lowest BCUT2D eigenvalue weighted by atomic mass is 9.88. The van der Waals surface area contributed by atoms with Crippen LogP contribution in [0.3, 0.4) is 0 Å². The summed E-state index contributed by atoms with van der Waals surface area (Å²) in [4.78, 5) is 26.3. The molecule has 1 heterocycles. The lowest BCUT2D eigenvalue weighted by Crippen LogP contribution is -2.36. The average Bonchev–Trinajstić information content (AvgIpc) is 2.68. The highest BCUT2D eigenvalue weighted by Gasteiger charge is 2.48. The fraction of sp³-hybridized carbons (Fsp3) is 0.400. The number of hydrogen-bond donors (Lipinski definition) is 0. The molecule has 34 heavy (non-hydrogen) atoms. The third-order valence-corrected chi connectivity index (χ3v) is 5.13. The monoisotopic (exact) mass is 502 g/mol. The lowest BCUT2D eigenvalue weighted by molar-refractivity contribution is -0.225. The Morgan fingerprint density at radius 1 is 0.941 bits per heavy atom. The summed E-state index contributed by atoms with van der Waals surface area (Å²) in [6, 6.07) is 1.81. The van der Waals surface area contributed by atoms with Gasteiger partial charge in [-0.15, -0.1) is 0 Å². The summed E-state index contributed by atoms with van der Waals surface area (Å²) in [6.45, 7) is -0.740. The Bertz CT molecular complexity index is 1170. The highest BCUT2D eigenvalue weighted by Crippen LogP contribution is 2.49. The summed E-state index contributed by atoms with van der Waals surface area (Å²) in [6.07, 6.45) is -18.6. The van der Waals surface area contributed by atoms with Gasteiger partial charge in [-0.2, -0.15) is 39.5 Å². The maximum atomic E-state index is 13.5. The molecule has 0 saturated carbocycles. The molecule has 0 saturated heterocycles. The number of fused-ring (bicyclic) bond motifs is 3. The summed E-state index contributed by atoms with van der Waals surface area (Å²) in [5.74, 6) is -5.13. The number of hydrogen-bond acceptors (Lipinski definition) is 5. The van der Waals surface area contributed by atoms with Gasteiger partial charge in [0.15, 0.2) is 6.10 Å². The molecule has 0 radical (unpaired) electrons. The molecule has 0 aliphatic carbocycles. The van der Waals surface area contributed by atoms with Crippen LogP contribution in [0.5, 0.6) is 0 Å². The maximum Gasteiger partial charge on any atom is 0.454 e. The van der Waals surface area contributed by atoms with Crippen molar-refractivity contribution in [1.29, 1.82) is 0 Å². The second-order valence-electron chi connectivity index (χ2n) is 7.71. The first-order valence-electron chi connectivity index (χ1n) is 9.30. The van der Waals surface area contributed by atoms with Gasteiger partial charge in [-0.05, 0) is 6.07 Å². The first-order valence-corrected chi connectivity index (χ1v) is 9.30. The summed E-state index contributed by atoms with van der Waals surface area (Å²) in [5.41, 5.74) is -4.26. The first kappa shape index (κ1) is 25.6. The highest BCUT2D eigenvalue weighted by molar-refractivity contribution is 6.22. The van der Waals surface area contributed by atoms with Crippen molar-refractivity contribution in [3.05, 3.63) is 34.9 Å². The molecule has 1 aliphatic rings. The molecular formula is C20H15F9N2O3. The Labute approximate surface area is 185 Å². The van der Waals surface area contributed by atoms with Crippen molar-refractivity contribution in [2.75, 3.05) is 37.7 Å². The van der Waals surface area contributed by atoms with E-state index in [0.717, 1.165) is 21.9 Å². The molecule has 1 atom stereocenters. The van der Waals surface area contributed by atoms with E-state index in [0.29, 0.717) is 0 Å². The summed E-state index contributed by atoms with van der Waals surface area (Å²) >= 11 is 0. The normalized spacial score (nSPS) is 17.1. The number of halogens is 9. The van der Waals surface area contributed by atoms with Crippen LogP contribution in [0.4, 0.5) is 50.9 Å². The van der Waals surface area contributed by atoms with Crippen molar-refractivity contribution in [2.45, 2.75) is 24.6 Å².